The van der Waals surface area contributed by atoms with Crippen LogP contribution in [-0.4, -0.2) is 18.1 Å². The van der Waals surface area contributed by atoms with Gasteiger partial charge in [-0.25, -0.2) is 0 Å². The molecule has 0 amide bonds. The smallest absolute Gasteiger partial charge is 0.104 e. The van der Waals surface area contributed by atoms with Crippen LogP contribution in [0.3, 0.4) is 0 Å². The van der Waals surface area contributed by atoms with Crippen molar-refractivity contribution in [2.45, 2.75) is 5.25 Å². The molecule has 0 N–H and O–H groups in total. The van der Waals surface area contributed by atoms with Crippen molar-refractivity contribution in [3.63, 3.8) is 0 Å². The van der Waals surface area contributed by atoms with Crippen molar-refractivity contribution < 1.29 is 4.74 Å². The summed E-state index contributed by atoms with van der Waals surface area (Å²) >= 11 is 0. The Morgan fingerprint density at radius 2 is 2.62 bits per heavy atom. The molecule has 0 spiro atoms. The third kappa shape index (κ3) is 1.63. The second-order valence-electron chi connectivity index (χ2n) is 1.46. The first-order valence-corrected chi connectivity index (χ1v) is 5.03. The molecule has 0 bridgehead atoms. The third-order valence-corrected chi connectivity index (χ3v) is 2.92. The van der Waals surface area contributed by atoms with Crippen LogP contribution in [0.15, 0.2) is 12.3 Å². The Bertz CT molecular complexity index is 92.4. The minimum atomic E-state index is 0.588. The zero-order valence-corrected chi connectivity index (χ0v) is 6.30. The van der Waals surface area contributed by atoms with Crippen molar-refractivity contribution >= 4 is 21.6 Å². The van der Waals surface area contributed by atoms with E-state index < -0.39 is 0 Å². The topological polar surface area (TPSA) is 9.23 Å². The van der Waals surface area contributed by atoms with Crippen molar-refractivity contribution in [3.8, 4) is 0 Å². The van der Waals surface area contributed by atoms with E-state index in [4.69, 9.17) is 4.74 Å². The van der Waals surface area contributed by atoms with E-state index in [2.05, 4.69) is 12.3 Å². The molecule has 1 heterocycles. The van der Waals surface area contributed by atoms with E-state index in [9.17, 15) is 0 Å². The highest BCUT2D eigenvalue weighted by atomic mass is 33.1. The van der Waals surface area contributed by atoms with Gasteiger partial charge in [0.05, 0.1) is 11.5 Å². The number of ether oxygens (including phenoxy) is 1. The summed E-state index contributed by atoms with van der Waals surface area (Å²) in [5, 5.41) is 0.588. The molecule has 1 unspecified atom stereocenters. The molecule has 1 atom stereocenters. The molecule has 0 saturated heterocycles. The SMILES string of the molecule is CSSC1C=COC1. The summed E-state index contributed by atoms with van der Waals surface area (Å²) in [7, 11) is 3.63. The molecule has 0 fully saturated rings. The summed E-state index contributed by atoms with van der Waals surface area (Å²) in [6, 6.07) is 0. The van der Waals surface area contributed by atoms with E-state index in [1.54, 1.807) is 17.1 Å². The van der Waals surface area contributed by atoms with E-state index in [0.717, 1.165) is 6.61 Å². The largest absolute Gasteiger partial charge is 0.500 e. The Balaban J connectivity index is 2.16. The lowest BCUT2D eigenvalue weighted by Crippen LogP contribution is -1.96. The minimum Gasteiger partial charge on any atom is -0.500 e. The number of hydrogen-bond acceptors (Lipinski definition) is 3. The lowest BCUT2D eigenvalue weighted by Gasteiger charge is -1.99. The van der Waals surface area contributed by atoms with Gasteiger partial charge < -0.3 is 4.74 Å². The maximum absolute atomic E-state index is 4.99. The van der Waals surface area contributed by atoms with Gasteiger partial charge in [0.1, 0.15) is 6.61 Å². The van der Waals surface area contributed by atoms with Gasteiger partial charge in [-0.2, -0.15) is 0 Å². The van der Waals surface area contributed by atoms with Gasteiger partial charge >= 0.3 is 0 Å². The van der Waals surface area contributed by atoms with E-state index in [1.165, 1.54) is 0 Å². The summed E-state index contributed by atoms with van der Waals surface area (Å²) in [6.45, 7) is 0.853. The zero-order valence-electron chi connectivity index (χ0n) is 4.66. The number of rotatable bonds is 2. The zero-order chi connectivity index (χ0) is 5.82. The van der Waals surface area contributed by atoms with Gasteiger partial charge in [0.15, 0.2) is 0 Å². The first-order chi connectivity index (χ1) is 3.93. The van der Waals surface area contributed by atoms with Crippen LogP contribution in [0.25, 0.3) is 0 Å². The van der Waals surface area contributed by atoms with Gasteiger partial charge in [0.2, 0.25) is 0 Å². The standard InChI is InChI=1S/C5H8OS2/c1-7-8-5-2-3-6-4-5/h2-3,5H,4H2,1H3. The molecular weight excluding hydrogens is 140 g/mol. The molecule has 1 nitrogen and oxygen atoms in total. The molecule has 3 heteroatoms. The highest BCUT2D eigenvalue weighted by molar-refractivity contribution is 8.76. The molecule has 46 valence electrons. The average Bonchev–Trinajstić information content (AvgIpc) is 2.19. The van der Waals surface area contributed by atoms with E-state index in [-0.39, 0.29) is 0 Å². The van der Waals surface area contributed by atoms with Crippen molar-refractivity contribution in [2.24, 2.45) is 0 Å². The Hall–Kier alpha value is 0.240. The van der Waals surface area contributed by atoms with Crippen LogP contribution < -0.4 is 0 Å². The van der Waals surface area contributed by atoms with Crippen molar-refractivity contribution in [1.29, 1.82) is 0 Å². The van der Waals surface area contributed by atoms with E-state index in [0.29, 0.717) is 5.25 Å². The molecule has 0 aromatic rings. The fourth-order valence-corrected chi connectivity index (χ4v) is 2.14. The summed E-state index contributed by atoms with van der Waals surface area (Å²) in [6.07, 6.45) is 5.94. The normalized spacial score (nSPS) is 25.9. The van der Waals surface area contributed by atoms with Crippen LogP contribution in [0.2, 0.25) is 0 Å². The lowest BCUT2D eigenvalue weighted by molar-refractivity contribution is 0.284. The molecule has 0 saturated carbocycles. The van der Waals surface area contributed by atoms with Crippen LogP contribution in [0.4, 0.5) is 0 Å². The minimum absolute atomic E-state index is 0.588. The Kier molecular flexibility index (Phi) is 2.63. The molecule has 8 heavy (non-hydrogen) atoms. The predicted molar refractivity (Wildman–Crippen MR) is 40.0 cm³/mol. The molecule has 1 aliphatic heterocycles. The average molecular weight is 148 g/mol. The van der Waals surface area contributed by atoms with Crippen LogP contribution in [-0.2, 0) is 4.74 Å². The van der Waals surface area contributed by atoms with Crippen LogP contribution in [0, 0.1) is 0 Å². The van der Waals surface area contributed by atoms with Crippen LogP contribution >= 0.6 is 21.6 Å². The van der Waals surface area contributed by atoms with Gasteiger partial charge in [-0.15, -0.1) is 0 Å². The Labute approximate surface area is 57.3 Å². The van der Waals surface area contributed by atoms with Gasteiger partial charge in [-0.3, -0.25) is 0 Å². The second kappa shape index (κ2) is 3.30. The Morgan fingerprint density at radius 3 is 3.12 bits per heavy atom. The second-order valence-corrected chi connectivity index (χ2v) is 4.17. The van der Waals surface area contributed by atoms with Crippen LogP contribution in [0.1, 0.15) is 0 Å². The maximum atomic E-state index is 4.99. The fraction of sp³-hybridized carbons (Fsp3) is 0.600. The van der Waals surface area contributed by atoms with Crippen molar-refractivity contribution in [3.05, 3.63) is 12.3 Å². The summed E-state index contributed by atoms with van der Waals surface area (Å²) in [5.74, 6) is 0. The third-order valence-electron chi connectivity index (χ3n) is 0.870. The summed E-state index contributed by atoms with van der Waals surface area (Å²) in [4.78, 5) is 0. The summed E-state index contributed by atoms with van der Waals surface area (Å²) < 4.78 is 4.99. The molecule has 0 aromatic carbocycles. The predicted octanol–water partition coefficient (Wildman–Crippen LogP) is 1.91. The van der Waals surface area contributed by atoms with Crippen molar-refractivity contribution in [2.75, 3.05) is 12.9 Å². The Morgan fingerprint density at radius 1 is 1.75 bits per heavy atom. The van der Waals surface area contributed by atoms with Crippen molar-refractivity contribution in [1.82, 2.24) is 0 Å². The van der Waals surface area contributed by atoms with Gasteiger partial charge in [-0.05, 0) is 12.3 Å². The van der Waals surface area contributed by atoms with E-state index in [1.807, 2.05) is 10.8 Å². The summed E-state index contributed by atoms with van der Waals surface area (Å²) in [5.41, 5.74) is 0. The molecule has 1 aliphatic rings. The van der Waals surface area contributed by atoms with Crippen LogP contribution in [0.5, 0.6) is 0 Å². The lowest BCUT2D eigenvalue weighted by atomic mass is 10.5. The van der Waals surface area contributed by atoms with Gasteiger partial charge in [0, 0.05) is 0 Å². The molecule has 0 aromatic heterocycles. The molecule has 1 rings (SSSR count). The monoisotopic (exact) mass is 148 g/mol. The van der Waals surface area contributed by atoms with E-state index >= 15 is 0 Å². The molecule has 0 radical (unpaired) electrons. The first-order valence-electron chi connectivity index (χ1n) is 2.41. The quantitative estimate of drug-likeness (QED) is 0.554. The molecule has 0 aliphatic carbocycles. The number of hydrogen-bond donors (Lipinski definition) is 0. The first kappa shape index (κ1) is 6.36. The maximum Gasteiger partial charge on any atom is 0.104 e. The van der Waals surface area contributed by atoms with Gasteiger partial charge in [-0.1, -0.05) is 21.6 Å². The van der Waals surface area contributed by atoms with Gasteiger partial charge in [0.25, 0.3) is 0 Å². The molecular formula is C5H8OS2. The fourth-order valence-electron chi connectivity index (χ4n) is 0.533. The highest BCUT2D eigenvalue weighted by Gasteiger charge is 2.08. The highest BCUT2D eigenvalue weighted by Crippen LogP contribution is 2.26.